The molecule has 1 aromatic heterocycles. The molecule has 0 amide bonds. The summed E-state index contributed by atoms with van der Waals surface area (Å²) in [6.45, 7) is 5.93. The summed E-state index contributed by atoms with van der Waals surface area (Å²) in [7, 11) is 0. The summed E-state index contributed by atoms with van der Waals surface area (Å²) < 4.78 is 7.00. The molecular formula is C14H17IN4O. The van der Waals surface area contributed by atoms with E-state index in [0.29, 0.717) is 17.5 Å². The Morgan fingerprint density at radius 3 is 2.40 bits per heavy atom. The largest absolute Gasteiger partial charge is 0.439 e. The Hall–Kier alpha value is -1.41. The lowest BCUT2D eigenvalue weighted by atomic mass is 10.2. The van der Waals surface area contributed by atoms with Crippen LogP contribution in [0.1, 0.15) is 31.2 Å². The Balaban J connectivity index is 2.39. The van der Waals surface area contributed by atoms with Gasteiger partial charge in [0.05, 0.1) is 5.56 Å². The van der Waals surface area contributed by atoms with Crippen LogP contribution < -0.4 is 16.0 Å². The van der Waals surface area contributed by atoms with Crippen molar-refractivity contribution in [2.45, 2.75) is 26.7 Å². The summed E-state index contributed by atoms with van der Waals surface area (Å²) in [6, 6.07) is 7.79. The minimum absolute atomic E-state index is 0.196. The number of nitrogens with zero attached hydrogens (tertiary/aromatic N) is 2. The standard InChI is InChI=1S/C14H17IN4O/c1-8(2)12-17-13(19-16)9(3)14(18-12)20-11-6-4-10(15)5-7-11/h4-8H,16H2,1-3H3,(H,17,18,19). The van der Waals surface area contributed by atoms with Crippen LogP contribution in [-0.4, -0.2) is 9.97 Å². The highest BCUT2D eigenvalue weighted by Gasteiger charge is 2.14. The second kappa shape index (κ2) is 6.36. The molecule has 0 unspecified atom stereocenters. The van der Waals surface area contributed by atoms with Gasteiger partial charge in [-0.3, -0.25) is 0 Å². The molecule has 0 aliphatic heterocycles. The number of hydrazine groups is 1. The number of nitrogens with one attached hydrogen (secondary N) is 1. The lowest BCUT2D eigenvalue weighted by Crippen LogP contribution is -2.13. The van der Waals surface area contributed by atoms with Gasteiger partial charge in [0.15, 0.2) is 5.82 Å². The quantitative estimate of drug-likeness (QED) is 0.479. The maximum absolute atomic E-state index is 5.85. The highest BCUT2D eigenvalue weighted by Crippen LogP contribution is 2.28. The van der Waals surface area contributed by atoms with Crippen LogP contribution in [0.3, 0.4) is 0 Å². The van der Waals surface area contributed by atoms with Gasteiger partial charge in [-0.25, -0.2) is 10.8 Å². The number of hydrogen-bond donors (Lipinski definition) is 2. The van der Waals surface area contributed by atoms with E-state index in [0.717, 1.165) is 14.9 Å². The van der Waals surface area contributed by atoms with Gasteiger partial charge in [0, 0.05) is 9.49 Å². The average Bonchev–Trinajstić information content (AvgIpc) is 2.43. The number of rotatable bonds is 4. The number of halogens is 1. The zero-order chi connectivity index (χ0) is 14.7. The van der Waals surface area contributed by atoms with E-state index in [1.165, 1.54) is 0 Å². The van der Waals surface area contributed by atoms with E-state index in [2.05, 4.69) is 38.0 Å². The summed E-state index contributed by atoms with van der Waals surface area (Å²) in [5.74, 6) is 8.25. The Kier molecular flexibility index (Phi) is 4.77. The van der Waals surface area contributed by atoms with Crippen molar-refractivity contribution in [2.75, 3.05) is 5.43 Å². The predicted molar refractivity (Wildman–Crippen MR) is 87.9 cm³/mol. The molecule has 0 bridgehead atoms. The predicted octanol–water partition coefficient (Wildman–Crippen LogP) is 3.59. The van der Waals surface area contributed by atoms with Crippen molar-refractivity contribution in [3.8, 4) is 11.6 Å². The zero-order valence-electron chi connectivity index (χ0n) is 11.6. The first-order valence-electron chi connectivity index (χ1n) is 6.30. The fourth-order valence-electron chi connectivity index (χ4n) is 1.62. The summed E-state index contributed by atoms with van der Waals surface area (Å²) >= 11 is 2.25. The minimum Gasteiger partial charge on any atom is -0.439 e. The summed E-state index contributed by atoms with van der Waals surface area (Å²) in [5.41, 5.74) is 3.38. The number of benzene rings is 1. The molecule has 0 aliphatic carbocycles. The summed E-state index contributed by atoms with van der Waals surface area (Å²) in [4.78, 5) is 8.85. The third-order valence-electron chi connectivity index (χ3n) is 2.80. The molecule has 2 aromatic rings. The van der Waals surface area contributed by atoms with Gasteiger partial charge < -0.3 is 10.2 Å². The van der Waals surface area contributed by atoms with Crippen LogP contribution in [0.15, 0.2) is 24.3 Å². The molecule has 2 rings (SSSR count). The van der Waals surface area contributed by atoms with Gasteiger partial charge in [0.1, 0.15) is 11.6 Å². The van der Waals surface area contributed by atoms with Crippen molar-refractivity contribution in [2.24, 2.45) is 5.84 Å². The van der Waals surface area contributed by atoms with E-state index in [4.69, 9.17) is 10.6 Å². The van der Waals surface area contributed by atoms with Crippen molar-refractivity contribution in [3.63, 3.8) is 0 Å². The normalized spacial score (nSPS) is 10.7. The molecule has 3 N–H and O–H groups in total. The first kappa shape index (κ1) is 15.0. The molecule has 0 saturated carbocycles. The molecule has 0 aliphatic rings. The summed E-state index contributed by atoms with van der Waals surface area (Å²) in [5, 5.41) is 0. The van der Waals surface area contributed by atoms with Crippen LogP contribution in [-0.2, 0) is 0 Å². The van der Waals surface area contributed by atoms with E-state index < -0.39 is 0 Å². The fraction of sp³-hybridized carbons (Fsp3) is 0.286. The average molecular weight is 384 g/mol. The molecule has 0 saturated heterocycles. The number of nitrogen functional groups attached to an aromatic ring is 1. The maximum Gasteiger partial charge on any atom is 0.227 e. The lowest BCUT2D eigenvalue weighted by Gasteiger charge is -2.14. The first-order chi connectivity index (χ1) is 9.51. The van der Waals surface area contributed by atoms with Gasteiger partial charge in [-0.1, -0.05) is 13.8 Å². The lowest BCUT2D eigenvalue weighted by molar-refractivity contribution is 0.453. The Labute approximate surface area is 132 Å². The molecule has 1 heterocycles. The Bertz CT molecular complexity index is 599. The first-order valence-corrected chi connectivity index (χ1v) is 7.37. The van der Waals surface area contributed by atoms with Crippen LogP contribution >= 0.6 is 22.6 Å². The monoisotopic (exact) mass is 384 g/mol. The number of hydrogen-bond acceptors (Lipinski definition) is 5. The van der Waals surface area contributed by atoms with Gasteiger partial charge in [-0.2, -0.15) is 4.98 Å². The molecule has 0 radical (unpaired) electrons. The molecular weight excluding hydrogens is 367 g/mol. The van der Waals surface area contributed by atoms with E-state index in [1.807, 2.05) is 45.0 Å². The second-order valence-corrected chi connectivity index (χ2v) is 5.96. The number of ether oxygens (including phenoxy) is 1. The number of aromatic nitrogens is 2. The fourth-order valence-corrected chi connectivity index (χ4v) is 1.98. The van der Waals surface area contributed by atoms with Gasteiger partial charge in [0.25, 0.3) is 0 Å². The van der Waals surface area contributed by atoms with Crippen molar-refractivity contribution in [3.05, 3.63) is 39.2 Å². The SMILES string of the molecule is Cc1c(NN)nc(C(C)C)nc1Oc1ccc(I)cc1. The number of nitrogens with two attached hydrogens (primary N) is 1. The zero-order valence-corrected chi connectivity index (χ0v) is 13.8. The molecule has 0 atom stereocenters. The van der Waals surface area contributed by atoms with Gasteiger partial charge in [-0.05, 0) is 53.8 Å². The van der Waals surface area contributed by atoms with Gasteiger partial charge in [-0.15, -0.1) is 0 Å². The molecule has 1 aromatic carbocycles. The van der Waals surface area contributed by atoms with Crippen molar-refractivity contribution in [1.82, 2.24) is 9.97 Å². The van der Waals surface area contributed by atoms with E-state index in [-0.39, 0.29) is 5.92 Å². The number of anilines is 1. The summed E-state index contributed by atoms with van der Waals surface area (Å²) in [6.07, 6.45) is 0. The van der Waals surface area contributed by atoms with E-state index >= 15 is 0 Å². The van der Waals surface area contributed by atoms with E-state index in [9.17, 15) is 0 Å². The molecule has 106 valence electrons. The highest BCUT2D eigenvalue weighted by atomic mass is 127. The highest BCUT2D eigenvalue weighted by molar-refractivity contribution is 14.1. The van der Waals surface area contributed by atoms with Gasteiger partial charge in [0.2, 0.25) is 5.88 Å². The maximum atomic E-state index is 5.85. The molecule has 6 heteroatoms. The molecule has 20 heavy (non-hydrogen) atoms. The van der Waals surface area contributed by atoms with Crippen LogP contribution in [0, 0.1) is 10.5 Å². The molecule has 0 fully saturated rings. The van der Waals surface area contributed by atoms with Crippen molar-refractivity contribution >= 4 is 28.4 Å². The van der Waals surface area contributed by atoms with Crippen molar-refractivity contribution in [1.29, 1.82) is 0 Å². The van der Waals surface area contributed by atoms with E-state index in [1.54, 1.807) is 0 Å². The van der Waals surface area contributed by atoms with Crippen LogP contribution in [0.25, 0.3) is 0 Å². The Morgan fingerprint density at radius 2 is 1.85 bits per heavy atom. The van der Waals surface area contributed by atoms with Crippen LogP contribution in [0.5, 0.6) is 11.6 Å². The van der Waals surface area contributed by atoms with Crippen molar-refractivity contribution < 1.29 is 4.74 Å². The minimum atomic E-state index is 0.196. The van der Waals surface area contributed by atoms with Gasteiger partial charge >= 0.3 is 0 Å². The molecule has 0 spiro atoms. The molecule has 5 nitrogen and oxygen atoms in total. The smallest absolute Gasteiger partial charge is 0.227 e. The van der Waals surface area contributed by atoms with Crippen LogP contribution in [0.2, 0.25) is 0 Å². The Morgan fingerprint density at radius 1 is 1.20 bits per heavy atom. The third kappa shape index (κ3) is 3.37. The van der Waals surface area contributed by atoms with Crippen LogP contribution in [0.4, 0.5) is 5.82 Å². The topological polar surface area (TPSA) is 73.1 Å². The third-order valence-corrected chi connectivity index (χ3v) is 3.52. The second-order valence-electron chi connectivity index (χ2n) is 4.72.